The predicted octanol–water partition coefficient (Wildman–Crippen LogP) is 1.01. The third kappa shape index (κ3) is 3.42. The van der Waals surface area contributed by atoms with Crippen LogP contribution in [0.25, 0.3) is 0 Å². The molecule has 2 saturated heterocycles. The number of hydrogen-bond acceptors (Lipinski definition) is 4. The SMILES string of the molecule is CCOC(=O)C1CCN(C2CCCNC2)CC1. The number of rotatable bonds is 3. The second-order valence-electron chi connectivity index (χ2n) is 5.06. The molecule has 2 aliphatic heterocycles. The van der Waals surface area contributed by atoms with Crippen LogP contribution in [-0.4, -0.2) is 49.7 Å². The minimum atomic E-state index is 0.00826. The number of carbonyl (C=O) groups excluding carboxylic acids is 1. The maximum absolute atomic E-state index is 11.6. The van der Waals surface area contributed by atoms with Crippen LogP contribution >= 0.6 is 0 Å². The quantitative estimate of drug-likeness (QED) is 0.748. The maximum Gasteiger partial charge on any atom is 0.309 e. The Hall–Kier alpha value is -0.610. The van der Waals surface area contributed by atoms with Gasteiger partial charge < -0.3 is 10.1 Å². The van der Waals surface area contributed by atoms with Gasteiger partial charge in [0.05, 0.1) is 12.5 Å². The summed E-state index contributed by atoms with van der Waals surface area (Å²) in [5, 5.41) is 3.45. The lowest BCUT2D eigenvalue weighted by molar-refractivity contribution is -0.149. The lowest BCUT2D eigenvalue weighted by atomic mass is 9.94. The third-order valence-electron chi connectivity index (χ3n) is 3.94. The van der Waals surface area contributed by atoms with Crippen molar-refractivity contribution in [2.45, 2.75) is 38.6 Å². The van der Waals surface area contributed by atoms with Crippen molar-refractivity contribution in [3.63, 3.8) is 0 Å². The molecule has 0 aromatic carbocycles. The van der Waals surface area contributed by atoms with Crippen LogP contribution in [0.5, 0.6) is 0 Å². The van der Waals surface area contributed by atoms with E-state index >= 15 is 0 Å². The highest BCUT2D eigenvalue weighted by Gasteiger charge is 2.29. The number of likely N-dealkylation sites (tertiary alicyclic amines) is 1. The molecule has 0 aliphatic carbocycles. The van der Waals surface area contributed by atoms with Crippen molar-refractivity contribution in [3.8, 4) is 0 Å². The smallest absolute Gasteiger partial charge is 0.309 e. The molecule has 2 heterocycles. The van der Waals surface area contributed by atoms with Gasteiger partial charge in [-0.15, -0.1) is 0 Å². The summed E-state index contributed by atoms with van der Waals surface area (Å²) in [5.41, 5.74) is 0. The highest BCUT2D eigenvalue weighted by Crippen LogP contribution is 2.22. The second-order valence-corrected chi connectivity index (χ2v) is 5.06. The van der Waals surface area contributed by atoms with E-state index in [0.717, 1.165) is 39.0 Å². The van der Waals surface area contributed by atoms with Crippen molar-refractivity contribution < 1.29 is 9.53 Å². The molecular weight excluding hydrogens is 216 g/mol. The van der Waals surface area contributed by atoms with Gasteiger partial charge in [-0.05, 0) is 52.2 Å². The zero-order valence-electron chi connectivity index (χ0n) is 10.8. The summed E-state index contributed by atoms with van der Waals surface area (Å²) in [6.07, 6.45) is 4.52. The Bertz CT molecular complexity index is 244. The van der Waals surface area contributed by atoms with Gasteiger partial charge in [-0.3, -0.25) is 9.69 Å². The van der Waals surface area contributed by atoms with E-state index in [1.165, 1.54) is 12.8 Å². The first kappa shape index (κ1) is 12.8. The van der Waals surface area contributed by atoms with Crippen molar-refractivity contribution in [1.29, 1.82) is 0 Å². The molecule has 0 amide bonds. The maximum atomic E-state index is 11.6. The fourth-order valence-electron chi connectivity index (χ4n) is 2.91. The van der Waals surface area contributed by atoms with E-state index in [0.29, 0.717) is 12.6 Å². The Morgan fingerprint density at radius 1 is 1.35 bits per heavy atom. The standard InChI is InChI=1S/C13H24N2O2/c1-2-17-13(16)11-5-8-15(9-6-11)12-4-3-7-14-10-12/h11-12,14H,2-10H2,1H3. The molecule has 0 aromatic heterocycles. The summed E-state index contributed by atoms with van der Waals surface area (Å²) in [4.78, 5) is 14.2. The highest BCUT2D eigenvalue weighted by atomic mass is 16.5. The van der Waals surface area contributed by atoms with E-state index < -0.39 is 0 Å². The van der Waals surface area contributed by atoms with Crippen LogP contribution in [0.2, 0.25) is 0 Å². The summed E-state index contributed by atoms with van der Waals surface area (Å²) in [6, 6.07) is 0.687. The lowest BCUT2D eigenvalue weighted by Gasteiger charge is -2.38. The average molecular weight is 240 g/mol. The average Bonchev–Trinajstić information content (AvgIpc) is 2.40. The number of esters is 1. The Morgan fingerprint density at radius 2 is 2.12 bits per heavy atom. The van der Waals surface area contributed by atoms with Crippen molar-refractivity contribution in [3.05, 3.63) is 0 Å². The zero-order chi connectivity index (χ0) is 12.1. The third-order valence-corrected chi connectivity index (χ3v) is 3.94. The minimum absolute atomic E-state index is 0.00826. The van der Waals surface area contributed by atoms with Gasteiger partial charge in [0.1, 0.15) is 0 Å². The van der Waals surface area contributed by atoms with Crippen LogP contribution in [0.1, 0.15) is 32.6 Å². The minimum Gasteiger partial charge on any atom is -0.466 e. The molecule has 98 valence electrons. The van der Waals surface area contributed by atoms with Gasteiger partial charge in [-0.25, -0.2) is 0 Å². The first-order chi connectivity index (χ1) is 8.31. The Kier molecular flexibility index (Phi) is 4.80. The van der Waals surface area contributed by atoms with Crippen molar-refractivity contribution in [2.24, 2.45) is 5.92 Å². The molecule has 0 saturated carbocycles. The van der Waals surface area contributed by atoms with E-state index in [9.17, 15) is 4.79 Å². The van der Waals surface area contributed by atoms with Gasteiger partial charge >= 0.3 is 5.97 Å². The van der Waals surface area contributed by atoms with Gasteiger partial charge in [-0.2, -0.15) is 0 Å². The molecule has 2 aliphatic rings. The molecule has 0 spiro atoms. The number of ether oxygens (including phenoxy) is 1. The molecule has 4 nitrogen and oxygen atoms in total. The van der Waals surface area contributed by atoms with Crippen LogP contribution in [0.3, 0.4) is 0 Å². The van der Waals surface area contributed by atoms with E-state index in [4.69, 9.17) is 4.74 Å². The van der Waals surface area contributed by atoms with Crippen LogP contribution < -0.4 is 5.32 Å². The first-order valence-electron chi connectivity index (χ1n) is 6.92. The monoisotopic (exact) mass is 240 g/mol. The van der Waals surface area contributed by atoms with E-state index in [-0.39, 0.29) is 11.9 Å². The van der Waals surface area contributed by atoms with Gasteiger partial charge in [0.25, 0.3) is 0 Å². The molecule has 2 rings (SSSR count). The van der Waals surface area contributed by atoms with E-state index in [1.807, 2.05) is 6.92 Å². The molecular formula is C13H24N2O2. The second kappa shape index (κ2) is 6.36. The number of nitrogens with zero attached hydrogens (tertiary/aromatic N) is 1. The van der Waals surface area contributed by atoms with Crippen molar-refractivity contribution in [2.75, 3.05) is 32.8 Å². The molecule has 0 radical (unpaired) electrons. The topological polar surface area (TPSA) is 41.6 Å². The lowest BCUT2D eigenvalue weighted by Crippen LogP contribution is -2.49. The van der Waals surface area contributed by atoms with E-state index in [2.05, 4.69) is 10.2 Å². The van der Waals surface area contributed by atoms with Gasteiger partial charge in [-0.1, -0.05) is 0 Å². The van der Waals surface area contributed by atoms with Crippen molar-refractivity contribution >= 4 is 5.97 Å². The Labute approximate surface area is 104 Å². The predicted molar refractivity (Wildman–Crippen MR) is 66.8 cm³/mol. The zero-order valence-corrected chi connectivity index (χ0v) is 10.8. The van der Waals surface area contributed by atoms with Gasteiger partial charge in [0.2, 0.25) is 0 Å². The number of nitrogens with one attached hydrogen (secondary N) is 1. The van der Waals surface area contributed by atoms with Crippen LogP contribution in [0.15, 0.2) is 0 Å². The first-order valence-corrected chi connectivity index (χ1v) is 6.92. The van der Waals surface area contributed by atoms with E-state index in [1.54, 1.807) is 0 Å². The Morgan fingerprint density at radius 3 is 2.71 bits per heavy atom. The molecule has 17 heavy (non-hydrogen) atoms. The van der Waals surface area contributed by atoms with Crippen molar-refractivity contribution in [1.82, 2.24) is 10.2 Å². The van der Waals surface area contributed by atoms with Crippen LogP contribution in [-0.2, 0) is 9.53 Å². The summed E-state index contributed by atoms with van der Waals surface area (Å²) in [5.74, 6) is 0.150. The normalized spacial score (nSPS) is 27.9. The van der Waals surface area contributed by atoms with Gasteiger partial charge in [0, 0.05) is 12.6 Å². The number of piperidine rings is 2. The number of hydrogen-bond donors (Lipinski definition) is 1. The molecule has 1 N–H and O–H groups in total. The van der Waals surface area contributed by atoms with Gasteiger partial charge in [0.15, 0.2) is 0 Å². The summed E-state index contributed by atoms with van der Waals surface area (Å²) in [6.45, 7) is 6.76. The molecule has 0 aromatic rings. The fraction of sp³-hybridized carbons (Fsp3) is 0.923. The molecule has 2 fully saturated rings. The number of carbonyl (C=O) groups is 1. The van der Waals surface area contributed by atoms with Crippen LogP contribution in [0, 0.1) is 5.92 Å². The fourth-order valence-corrected chi connectivity index (χ4v) is 2.91. The summed E-state index contributed by atoms with van der Waals surface area (Å²) in [7, 11) is 0. The molecule has 4 heteroatoms. The largest absolute Gasteiger partial charge is 0.466 e. The highest BCUT2D eigenvalue weighted by molar-refractivity contribution is 5.72. The Balaban J connectivity index is 1.75. The molecule has 1 atom stereocenters. The summed E-state index contributed by atoms with van der Waals surface area (Å²) < 4.78 is 5.09. The summed E-state index contributed by atoms with van der Waals surface area (Å²) >= 11 is 0. The van der Waals surface area contributed by atoms with Crippen LogP contribution in [0.4, 0.5) is 0 Å². The molecule has 0 bridgehead atoms. The molecule has 1 unspecified atom stereocenters.